The Labute approximate surface area is 134 Å². The third-order valence-electron chi connectivity index (χ3n) is 4.63. The number of rotatable bonds is 4. The zero-order valence-electron chi connectivity index (χ0n) is 14.4. The molecular formula is C19H30N2O. The molecule has 0 saturated heterocycles. The van der Waals surface area contributed by atoms with Crippen molar-refractivity contribution >= 4 is 5.91 Å². The lowest BCUT2D eigenvalue weighted by Crippen LogP contribution is -2.47. The lowest BCUT2D eigenvalue weighted by atomic mass is 9.69. The molecule has 1 aromatic carbocycles. The first-order valence-electron chi connectivity index (χ1n) is 8.38. The van der Waals surface area contributed by atoms with Gasteiger partial charge in [-0.05, 0) is 57.4 Å². The molecule has 0 aliphatic heterocycles. The summed E-state index contributed by atoms with van der Waals surface area (Å²) in [5.41, 5.74) is 1.57. The van der Waals surface area contributed by atoms with Crippen molar-refractivity contribution in [2.24, 2.45) is 0 Å². The highest BCUT2D eigenvalue weighted by Crippen LogP contribution is 2.38. The first-order valence-corrected chi connectivity index (χ1v) is 8.38. The summed E-state index contributed by atoms with van der Waals surface area (Å²) in [5, 5.41) is 6.42. The molecule has 0 bridgehead atoms. The molecule has 0 unspecified atom stereocenters. The molecule has 0 heterocycles. The summed E-state index contributed by atoms with van der Waals surface area (Å²) in [6, 6.07) is 11.3. The predicted octanol–water partition coefficient (Wildman–Crippen LogP) is 3.39. The lowest BCUT2D eigenvalue weighted by molar-refractivity contribution is -0.121. The van der Waals surface area contributed by atoms with Crippen LogP contribution in [0.4, 0.5) is 0 Å². The standard InChI is InChI=1S/C19H30N2O/c1-18(2,3)21-17(22)14-20-16-10-12-19(4,13-11-16)15-8-6-5-7-9-15/h5-9,16,20H,10-14H2,1-4H3,(H,21,22). The predicted molar refractivity (Wildman–Crippen MR) is 91.9 cm³/mol. The van der Waals surface area contributed by atoms with Crippen LogP contribution in [-0.2, 0) is 10.2 Å². The summed E-state index contributed by atoms with van der Waals surface area (Å²) in [4.78, 5) is 11.9. The first kappa shape index (κ1) is 17.0. The van der Waals surface area contributed by atoms with Crippen molar-refractivity contribution in [3.8, 4) is 0 Å². The van der Waals surface area contributed by atoms with E-state index in [0.717, 1.165) is 12.8 Å². The minimum Gasteiger partial charge on any atom is -0.350 e. The van der Waals surface area contributed by atoms with Crippen LogP contribution in [0.15, 0.2) is 30.3 Å². The van der Waals surface area contributed by atoms with Crippen LogP contribution in [0.2, 0.25) is 0 Å². The van der Waals surface area contributed by atoms with Crippen molar-refractivity contribution in [1.82, 2.24) is 10.6 Å². The van der Waals surface area contributed by atoms with Gasteiger partial charge in [0.05, 0.1) is 6.54 Å². The zero-order chi connectivity index (χ0) is 16.2. The van der Waals surface area contributed by atoms with E-state index in [2.05, 4.69) is 47.9 Å². The third kappa shape index (κ3) is 4.84. The minimum atomic E-state index is -0.156. The van der Waals surface area contributed by atoms with E-state index in [1.54, 1.807) is 0 Å². The molecule has 2 N–H and O–H groups in total. The number of hydrogen-bond donors (Lipinski definition) is 2. The van der Waals surface area contributed by atoms with Crippen molar-refractivity contribution < 1.29 is 4.79 Å². The van der Waals surface area contributed by atoms with Crippen LogP contribution in [0.3, 0.4) is 0 Å². The molecule has 1 aliphatic rings. The highest BCUT2D eigenvalue weighted by molar-refractivity contribution is 5.78. The number of carbonyl (C=O) groups is 1. The Balaban J connectivity index is 1.79. The van der Waals surface area contributed by atoms with Gasteiger partial charge in [0.15, 0.2) is 0 Å². The molecule has 3 heteroatoms. The molecule has 0 spiro atoms. The molecule has 2 rings (SSSR count). The van der Waals surface area contributed by atoms with E-state index in [-0.39, 0.29) is 16.9 Å². The van der Waals surface area contributed by atoms with Crippen molar-refractivity contribution in [1.29, 1.82) is 0 Å². The average molecular weight is 302 g/mol. The molecule has 0 radical (unpaired) electrons. The Hall–Kier alpha value is -1.35. The van der Waals surface area contributed by atoms with Gasteiger partial charge in [0.25, 0.3) is 0 Å². The number of benzene rings is 1. The van der Waals surface area contributed by atoms with Gasteiger partial charge in [-0.15, -0.1) is 0 Å². The zero-order valence-corrected chi connectivity index (χ0v) is 14.4. The quantitative estimate of drug-likeness (QED) is 0.895. The molecule has 1 fully saturated rings. The molecule has 3 nitrogen and oxygen atoms in total. The summed E-state index contributed by atoms with van der Waals surface area (Å²) >= 11 is 0. The average Bonchev–Trinajstić information content (AvgIpc) is 2.46. The van der Waals surface area contributed by atoms with Gasteiger partial charge in [0.1, 0.15) is 0 Å². The minimum absolute atomic E-state index is 0.0869. The van der Waals surface area contributed by atoms with Crippen LogP contribution in [-0.4, -0.2) is 24.0 Å². The Morgan fingerprint density at radius 1 is 1.18 bits per heavy atom. The number of amides is 1. The van der Waals surface area contributed by atoms with Crippen LogP contribution in [0.5, 0.6) is 0 Å². The molecule has 1 aromatic rings. The maximum absolute atomic E-state index is 11.9. The van der Waals surface area contributed by atoms with E-state index in [4.69, 9.17) is 0 Å². The molecule has 1 amide bonds. The van der Waals surface area contributed by atoms with Crippen LogP contribution >= 0.6 is 0 Å². The van der Waals surface area contributed by atoms with Gasteiger partial charge in [-0.25, -0.2) is 0 Å². The number of hydrogen-bond acceptors (Lipinski definition) is 2. The van der Waals surface area contributed by atoms with Crippen molar-refractivity contribution in [3.63, 3.8) is 0 Å². The van der Waals surface area contributed by atoms with Crippen molar-refractivity contribution in [3.05, 3.63) is 35.9 Å². The van der Waals surface area contributed by atoms with Gasteiger partial charge in [-0.3, -0.25) is 4.79 Å². The molecule has 122 valence electrons. The van der Waals surface area contributed by atoms with E-state index in [9.17, 15) is 4.79 Å². The fourth-order valence-electron chi connectivity index (χ4n) is 3.29. The molecule has 0 aromatic heterocycles. The van der Waals surface area contributed by atoms with Gasteiger partial charge >= 0.3 is 0 Å². The summed E-state index contributed by atoms with van der Waals surface area (Å²) in [7, 11) is 0. The second-order valence-corrected chi connectivity index (χ2v) is 7.88. The maximum Gasteiger partial charge on any atom is 0.234 e. The van der Waals surface area contributed by atoms with Crippen LogP contribution in [0, 0.1) is 0 Å². The van der Waals surface area contributed by atoms with Crippen molar-refractivity contribution in [2.45, 2.75) is 70.4 Å². The van der Waals surface area contributed by atoms with Gasteiger partial charge in [0.2, 0.25) is 5.91 Å². The fraction of sp³-hybridized carbons (Fsp3) is 0.632. The number of carbonyl (C=O) groups excluding carboxylic acids is 1. The molecule has 1 aliphatic carbocycles. The van der Waals surface area contributed by atoms with Gasteiger partial charge in [-0.2, -0.15) is 0 Å². The fourth-order valence-corrected chi connectivity index (χ4v) is 3.29. The SMILES string of the molecule is CC(C)(C)NC(=O)CNC1CCC(C)(c2ccccc2)CC1. The molecule has 22 heavy (non-hydrogen) atoms. The monoisotopic (exact) mass is 302 g/mol. The van der Waals surface area contributed by atoms with Crippen LogP contribution in [0.25, 0.3) is 0 Å². The van der Waals surface area contributed by atoms with Crippen LogP contribution < -0.4 is 10.6 Å². The third-order valence-corrected chi connectivity index (χ3v) is 4.63. The summed E-state index contributed by atoms with van der Waals surface area (Å²) in [6.45, 7) is 8.82. The Kier molecular flexibility index (Phi) is 5.28. The number of nitrogens with one attached hydrogen (secondary N) is 2. The van der Waals surface area contributed by atoms with Crippen molar-refractivity contribution in [2.75, 3.05) is 6.54 Å². The van der Waals surface area contributed by atoms with E-state index >= 15 is 0 Å². The highest BCUT2D eigenvalue weighted by Gasteiger charge is 2.32. The first-order chi connectivity index (χ1) is 10.3. The summed E-state index contributed by atoms with van der Waals surface area (Å²) in [6.07, 6.45) is 4.62. The van der Waals surface area contributed by atoms with E-state index in [0.29, 0.717) is 12.6 Å². The maximum atomic E-state index is 11.9. The van der Waals surface area contributed by atoms with E-state index in [1.807, 2.05) is 20.8 Å². The highest BCUT2D eigenvalue weighted by atomic mass is 16.2. The van der Waals surface area contributed by atoms with Gasteiger partial charge in [0, 0.05) is 11.6 Å². The van der Waals surface area contributed by atoms with Gasteiger partial charge in [-0.1, -0.05) is 37.3 Å². The summed E-state index contributed by atoms with van der Waals surface area (Å²) in [5.74, 6) is 0.0869. The molecule has 1 saturated carbocycles. The van der Waals surface area contributed by atoms with Crippen LogP contribution in [0.1, 0.15) is 58.9 Å². The Bertz CT molecular complexity index is 482. The normalized spacial score (nSPS) is 25.7. The molecular weight excluding hydrogens is 272 g/mol. The Morgan fingerprint density at radius 3 is 2.32 bits per heavy atom. The largest absolute Gasteiger partial charge is 0.350 e. The topological polar surface area (TPSA) is 41.1 Å². The Morgan fingerprint density at radius 2 is 1.77 bits per heavy atom. The molecule has 0 atom stereocenters. The van der Waals surface area contributed by atoms with E-state index < -0.39 is 0 Å². The summed E-state index contributed by atoms with van der Waals surface area (Å²) < 4.78 is 0. The lowest BCUT2D eigenvalue weighted by Gasteiger charge is -2.38. The van der Waals surface area contributed by atoms with Gasteiger partial charge < -0.3 is 10.6 Å². The second kappa shape index (κ2) is 6.82. The smallest absolute Gasteiger partial charge is 0.234 e. The van der Waals surface area contributed by atoms with E-state index in [1.165, 1.54) is 18.4 Å². The second-order valence-electron chi connectivity index (χ2n) is 7.88.